The minimum absolute atomic E-state index is 0.372. The highest BCUT2D eigenvalue weighted by Gasteiger charge is 2.04. The number of hydrogen-bond donors (Lipinski definition) is 2. The second kappa shape index (κ2) is 8.93. The molecular weight excluding hydrogens is 156 g/mol. The van der Waals surface area contributed by atoms with Crippen LogP contribution in [0.15, 0.2) is 0 Å². The van der Waals surface area contributed by atoms with Crippen LogP contribution in [0.25, 0.3) is 0 Å². The molecule has 0 amide bonds. The highest BCUT2D eigenvalue weighted by atomic mass is 17.2. The second-order valence-electron chi connectivity index (χ2n) is 2.72. The van der Waals surface area contributed by atoms with Gasteiger partial charge in [0.2, 0.25) is 0 Å². The molecule has 0 saturated heterocycles. The molecule has 74 valence electrons. The van der Waals surface area contributed by atoms with E-state index in [1.54, 1.807) is 0 Å². The molecule has 0 aromatic rings. The summed E-state index contributed by atoms with van der Waals surface area (Å²) in [6.07, 6.45) is 3.29. The molecule has 0 aliphatic carbocycles. The third-order valence-corrected chi connectivity index (χ3v) is 1.80. The number of hydrogen-bond acceptors (Lipinski definition) is 4. The fraction of sp³-hybridized carbons (Fsp3) is 1.00. The lowest BCUT2D eigenvalue weighted by atomic mass is 10.1. The summed E-state index contributed by atoms with van der Waals surface area (Å²) in [5, 5.41) is 3.15. The Bertz CT molecular complexity index is 91.1. The van der Waals surface area contributed by atoms with Crippen molar-refractivity contribution < 1.29 is 9.78 Å². The van der Waals surface area contributed by atoms with Gasteiger partial charge in [-0.3, -0.25) is 0 Å². The van der Waals surface area contributed by atoms with Crippen LogP contribution in [0.2, 0.25) is 0 Å². The zero-order chi connectivity index (χ0) is 9.23. The fourth-order valence-corrected chi connectivity index (χ4v) is 0.996. The summed E-state index contributed by atoms with van der Waals surface area (Å²) in [4.78, 5) is 9.34. The standard InChI is InChI=1S/C8H20N2O2/c1-10-8(7-12-11-2)5-3-4-6-9/h8,10H,3-7,9H2,1-2H3. The molecule has 0 heterocycles. The average molecular weight is 176 g/mol. The van der Waals surface area contributed by atoms with E-state index in [1.807, 2.05) is 7.05 Å². The summed E-state index contributed by atoms with van der Waals surface area (Å²) in [6, 6.07) is 0.372. The van der Waals surface area contributed by atoms with Gasteiger partial charge in [-0.25, -0.2) is 9.78 Å². The Labute approximate surface area is 74.3 Å². The Morgan fingerprint density at radius 1 is 1.42 bits per heavy atom. The van der Waals surface area contributed by atoms with Gasteiger partial charge >= 0.3 is 0 Å². The predicted octanol–water partition coefficient (Wildman–Crippen LogP) is 0.281. The summed E-state index contributed by atoms with van der Waals surface area (Å²) in [7, 11) is 3.44. The van der Waals surface area contributed by atoms with Crippen molar-refractivity contribution in [1.29, 1.82) is 0 Å². The molecule has 0 saturated carbocycles. The van der Waals surface area contributed by atoms with Gasteiger partial charge in [0.25, 0.3) is 0 Å². The molecular formula is C8H20N2O2. The first-order valence-corrected chi connectivity index (χ1v) is 4.38. The molecule has 1 unspecified atom stereocenters. The van der Waals surface area contributed by atoms with Crippen LogP contribution in [0.1, 0.15) is 19.3 Å². The number of rotatable bonds is 8. The second-order valence-corrected chi connectivity index (χ2v) is 2.72. The minimum atomic E-state index is 0.372. The first kappa shape index (κ1) is 11.8. The molecule has 1 atom stereocenters. The molecule has 0 rings (SSSR count). The lowest BCUT2D eigenvalue weighted by Crippen LogP contribution is -2.30. The van der Waals surface area contributed by atoms with Crippen LogP contribution in [0, 0.1) is 0 Å². The summed E-state index contributed by atoms with van der Waals surface area (Å²) in [5.41, 5.74) is 5.38. The zero-order valence-corrected chi connectivity index (χ0v) is 8.01. The van der Waals surface area contributed by atoms with E-state index in [1.165, 1.54) is 7.11 Å². The Morgan fingerprint density at radius 2 is 2.17 bits per heavy atom. The summed E-state index contributed by atoms with van der Waals surface area (Å²) >= 11 is 0. The van der Waals surface area contributed by atoms with Gasteiger partial charge in [-0.2, -0.15) is 0 Å². The van der Waals surface area contributed by atoms with Crippen LogP contribution in [-0.2, 0) is 9.78 Å². The topological polar surface area (TPSA) is 56.5 Å². The van der Waals surface area contributed by atoms with Crippen LogP contribution in [-0.4, -0.2) is 33.4 Å². The molecule has 12 heavy (non-hydrogen) atoms. The van der Waals surface area contributed by atoms with Gasteiger partial charge in [0.1, 0.15) is 0 Å². The molecule has 0 aromatic carbocycles. The first-order chi connectivity index (χ1) is 5.85. The van der Waals surface area contributed by atoms with Crippen molar-refractivity contribution in [2.24, 2.45) is 5.73 Å². The maximum Gasteiger partial charge on any atom is 0.0975 e. The SMILES string of the molecule is CNC(CCCCN)COOC. The quantitative estimate of drug-likeness (QED) is 0.317. The van der Waals surface area contributed by atoms with Gasteiger partial charge in [0.05, 0.1) is 13.7 Å². The molecule has 0 aliphatic heterocycles. The number of unbranched alkanes of at least 4 members (excludes halogenated alkanes) is 1. The highest BCUT2D eigenvalue weighted by Crippen LogP contribution is 2.00. The van der Waals surface area contributed by atoms with E-state index in [9.17, 15) is 0 Å². The molecule has 3 N–H and O–H groups in total. The number of likely N-dealkylation sites (N-methyl/N-ethyl adjacent to an activating group) is 1. The molecule has 4 nitrogen and oxygen atoms in total. The number of nitrogens with two attached hydrogens (primary N) is 1. The van der Waals surface area contributed by atoms with E-state index in [2.05, 4.69) is 10.2 Å². The van der Waals surface area contributed by atoms with Crippen molar-refractivity contribution in [1.82, 2.24) is 5.32 Å². The van der Waals surface area contributed by atoms with E-state index in [0.29, 0.717) is 12.6 Å². The molecule has 0 radical (unpaired) electrons. The Kier molecular flexibility index (Phi) is 8.81. The van der Waals surface area contributed by atoms with Gasteiger partial charge in [-0.05, 0) is 26.4 Å². The van der Waals surface area contributed by atoms with E-state index in [-0.39, 0.29) is 0 Å². The maximum atomic E-state index is 5.38. The van der Waals surface area contributed by atoms with Crippen molar-refractivity contribution in [3.8, 4) is 0 Å². The molecule has 0 bridgehead atoms. The lowest BCUT2D eigenvalue weighted by molar-refractivity contribution is -0.276. The fourth-order valence-electron chi connectivity index (χ4n) is 0.996. The zero-order valence-electron chi connectivity index (χ0n) is 8.01. The van der Waals surface area contributed by atoms with E-state index >= 15 is 0 Å². The van der Waals surface area contributed by atoms with Crippen LogP contribution in [0.4, 0.5) is 0 Å². The number of nitrogens with one attached hydrogen (secondary N) is 1. The first-order valence-electron chi connectivity index (χ1n) is 4.38. The minimum Gasteiger partial charge on any atom is -0.330 e. The molecule has 0 aliphatic rings. The van der Waals surface area contributed by atoms with Gasteiger partial charge in [0.15, 0.2) is 0 Å². The van der Waals surface area contributed by atoms with Crippen LogP contribution < -0.4 is 11.1 Å². The largest absolute Gasteiger partial charge is 0.330 e. The third-order valence-electron chi connectivity index (χ3n) is 1.80. The normalized spacial score (nSPS) is 13.2. The van der Waals surface area contributed by atoms with E-state index in [4.69, 9.17) is 10.6 Å². The van der Waals surface area contributed by atoms with E-state index < -0.39 is 0 Å². The van der Waals surface area contributed by atoms with Gasteiger partial charge in [0, 0.05) is 6.04 Å². The molecule has 0 fully saturated rings. The Hall–Kier alpha value is -0.160. The average Bonchev–Trinajstić information content (AvgIpc) is 2.11. The third kappa shape index (κ3) is 6.54. The van der Waals surface area contributed by atoms with Crippen LogP contribution in [0.3, 0.4) is 0 Å². The van der Waals surface area contributed by atoms with Crippen molar-refractivity contribution >= 4 is 0 Å². The van der Waals surface area contributed by atoms with Crippen molar-refractivity contribution in [2.45, 2.75) is 25.3 Å². The van der Waals surface area contributed by atoms with Gasteiger partial charge < -0.3 is 11.1 Å². The molecule has 4 heteroatoms. The highest BCUT2D eigenvalue weighted by molar-refractivity contribution is 4.62. The molecule has 0 spiro atoms. The maximum absolute atomic E-state index is 5.38. The van der Waals surface area contributed by atoms with Crippen molar-refractivity contribution in [3.05, 3.63) is 0 Å². The van der Waals surface area contributed by atoms with Gasteiger partial charge in [-0.15, -0.1) is 0 Å². The van der Waals surface area contributed by atoms with Crippen LogP contribution in [0.5, 0.6) is 0 Å². The van der Waals surface area contributed by atoms with E-state index in [0.717, 1.165) is 25.8 Å². The van der Waals surface area contributed by atoms with Crippen LogP contribution >= 0.6 is 0 Å². The summed E-state index contributed by atoms with van der Waals surface area (Å²) < 4.78 is 0. The summed E-state index contributed by atoms with van der Waals surface area (Å²) in [5.74, 6) is 0. The van der Waals surface area contributed by atoms with Crippen molar-refractivity contribution in [2.75, 3.05) is 27.3 Å². The molecule has 0 aromatic heterocycles. The van der Waals surface area contributed by atoms with Crippen molar-refractivity contribution in [3.63, 3.8) is 0 Å². The lowest BCUT2D eigenvalue weighted by Gasteiger charge is -2.14. The monoisotopic (exact) mass is 176 g/mol. The summed E-state index contributed by atoms with van der Waals surface area (Å²) in [6.45, 7) is 1.36. The van der Waals surface area contributed by atoms with Gasteiger partial charge in [-0.1, -0.05) is 6.42 Å². The Balaban J connectivity index is 3.26. The Morgan fingerprint density at radius 3 is 2.67 bits per heavy atom. The predicted molar refractivity (Wildman–Crippen MR) is 48.7 cm³/mol. The smallest absolute Gasteiger partial charge is 0.0975 e.